The van der Waals surface area contributed by atoms with Crippen LogP contribution in [0.5, 0.6) is 0 Å². The number of rotatable bonds is 8. The van der Waals surface area contributed by atoms with Crippen LogP contribution in [0.1, 0.15) is 0 Å². The van der Waals surface area contributed by atoms with E-state index >= 15 is 0 Å². The molecule has 1 aliphatic heterocycles. The van der Waals surface area contributed by atoms with Crippen LogP contribution in [0.25, 0.3) is 0 Å². The monoisotopic (exact) mass is 641 g/mol. The summed E-state index contributed by atoms with van der Waals surface area (Å²) in [5.74, 6) is -3.01. The minimum Gasteiger partial charge on any atom is -0.200 e. The van der Waals surface area contributed by atoms with Gasteiger partial charge >= 0.3 is 0 Å². The Morgan fingerprint density at radius 2 is 0.667 bits per heavy atom. The van der Waals surface area contributed by atoms with Crippen LogP contribution in [-0.2, 0) is 0 Å². The fraction of sp³-hybridized carbons (Fsp3) is 0. The number of hydrogen-bond acceptors (Lipinski definition) is 7. The molecule has 0 spiro atoms. The number of benzene rings is 4. The van der Waals surface area contributed by atoms with E-state index in [1.165, 1.54) is 0 Å². The van der Waals surface area contributed by atoms with Crippen molar-refractivity contribution in [3.63, 3.8) is 0 Å². The van der Waals surface area contributed by atoms with Crippen molar-refractivity contribution in [1.82, 2.24) is 0 Å². The predicted octanol–water partition coefficient (Wildman–Crippen LogP) is 13.5. The summed E-state index contributed by atoms with van der Waals surface area (Å²) in [4.78, 5) is 4.35. The first-order valence-corrected chi connectivity index (χ1v) is 23.3. The van der Waals surface area contributed by atoms with E-state index in [-0.39, 0.29) is 0 Å². The maximum absolute atomic E-state index is 6.99. The van der Waals surface area contributed by atoms with Crippen molar-refractivity contribution >= 4 is 85.1 Å². The van der Waals surface area contributed by atoms with Gasteiger partial charge in [0.1, 0.15) is 0 Å². The van der Waals surface area contributed by atoms with Crippen molar-refractivity contribution in [2.45, 2.75) is 19.6 Å². The molecule has 0 amide bonds. The van der Waals surface area contributed by atoms with Gasteiger partial charge in [0.25, 0.3) is 5.91 Å². The molecule has 0 unspecified atom stereocenters. The number of hydrogen-bond donors (Lipinski definition) is 0. The summed E-state index contributed by atoms with van der Waals surface area (Å²) in [5.41, 5.74) is -5.14. The zero-order chi connectivity index (χ0) is 24.9. The van der Waals surface area contributed by atoms with Gasteiger partial charge in [-0.1, -0.05) is 72.8 Å². The summed E-state index contributed by atoms with van der Waals surface area (Å²) in [6.07, 6.45) is 0. The van der Waals surface area contributed by atoms with Crippen molar-refractivity contribution in [3.8, 4) is 0 Å². The topological polar surface area (TPSA) is 37.1 Å². The van der Waals surface area contributed by atoms with E-state index in [2.05, 4.69) is 48.5 Å². The van der Waals surface area contributed by atoms with Gasteiger partial charge in [-0.15, -0.1) is 0 Å². The highest BCUT2D eigenvalue weighted by Crippen LogP contribution is 2.96. The zero-order valence-electron chi connectivity index (χ0n) is 18.6. The van der Waals surface area contributed by atoms with Crippen LogP contribution in [0.15, 0.2) is 154 Å². The smallest absolute Gasteiger partial charge is 0.200 e. The third kappa shape index (κ3) is 7.35. The first-order valence-electron chi connectivity index (χ1n) is 10.7. The standard InChI is InChI=1S/C24H20Cl2N3P3S4/c25-30(26)27-31(33-21-13-5-1-6-14-21,34-22-15-7-2-8-16-22)29-32(28-30,35-23-17-9-3-10-18-23)36-24-19-11-4-12-20-24/h1-20H. The van der Waals surface area contributed by atoms with Crippen LogP contribution in [-0.4, -0.2) is 0 Å². The lowest BCUT2D eigenvalue weighted by Gasteiger charge is -2.30. The molecule has 0 saturated heterocycles. The van der Waals surface area contributed by atoms with Crippen molar-refractivity contribution in [2.24, 2.45) is 13.5 Å². The van der Waals surface area contributed by atoms with Crippen molar-refractivity contribution in [2.75, 3.05) is 0 Å². The van der Waals surface area contributed by atoms with Gasteiger partial charge in [-0.25, -0.2) is 4.52 Å². The molecule has 4 aromatic rings. The zero-order valence-corrected chi connectivity index (χ0v) is 26.1. The number of halogens is 2. The van der Waals surface area contributed by atoms with E-state index in [1.54, 1.807) is 45.5 Å². The third-order valence-corrected chi connectivity index (χ3v) is 28.5. The van der Waals surface area contributed by atoms with Gasteiger partial charge in [0.15, 0.2) is 0 Å². The van der Waals surface area contributed by atoms with Crippen LogP contribution in [0, 0.1) is 0 Å². The molecule has 0 aliphatic carbocycles. The van der Waals surface area contributed by atoms with Gasteiger partial charge in [0.2, 0.25) is 11.2 Å². The largest absolute Gasteiger partial charge is 0.256 e. The molecular weight excluding hydrogens is 622 g/mol. The van der Waals surface area contributed by atoms with Crippen molar-refractivity contribution < 1.29 is 0 Å². The van der Waals surface area contributed by atoms with E-state index < -0.39 is 17.1 Å². The molecule has 0 fully saturated rings. The van der Waals surface area contributed by atoms with Gasteiger partial charge in [-0.2, -0.15) is 9.03 Å². The second kappa shape index (κ2) is 12.2. The molecular formula is C24H20Cl2N3P3S4. The molecule has 4 aromatic carbocycles. The van der Waals surface area contributed by atoms with Gasteiger partial charge in [-0.3, -0.25) is 0 Å². The molecule has 36 heavy (non-hydrogen) atoms. The molecule has 0 bridgehead atoms. The summed E-state index contributed by atoms with van der Waals surface area (Å²) in [5, 5.41) is 0. The van der Waals surface area contributed by atoms with E-state index in [9.17, 15) is 0 Å². The lowest BCUT2D eigenvalue weighted by atomic mass is 10.4. The number of nitrogens with zero attached hydrogens (tertiary/aromatic N) is 3. The molecule has 0 aromatic heterocycles. The van der Waals surface area contributed by atoms with E-state index in [0.29, 0.717) is 0 Å². The fourth-order valence-corrected chi connectivity index (χ4v) is 38.4. The molecule has 0 saturated carbocycles. The van der Waals surface area contributed by atoms with Crippen LogP contribution in [0.4, 0.5) is 0 Å². The Labute approximate surface area is 237 Å². The Balaban J connectivity index is 1.72. The average Bonchev–Trinajstić information content (AvgIpc) is 2.85. The van der Waals surface area contributed by atoms with Crippen molar-refractivity contribution in [1.29, 1.82) is 0 Å². The van der Waals surface area contributed by atoms with Gasteiger partial charge in [0, 0.05) is 19.6 Å². The van der Waals surface area contributed by atoms with Crippen LogP contribution < -0.4 is 0 Å². The quantitative estimate of drug-likeness (QED) is 0.179. The minimum absolute atomic E-state index is 1.09. The minimum atomic E-state index is -3.01. The Bertz CT molecular complexity index is 1310. The summed E-state index contributed by atoms with van der Waals surface area (Å²) >= 11 is 20.7. The van der Waals surface area contributed by atoms with Gasteiger partial charge in [0.05, 0.1) is 0 Å². The summed E-state index contributed by atoms with van der Waals surface area (Å²) in [6, 6.07) is 41.0. The molecule has 0 N–H and O–H groups in total. The summed E-state index contributed by atoms with van der Waals surface area (Å²) < 4.78 is 15.7. The summed E-state index contributed by atoms with van der Waals surface area (Å²) in [6.45, 7) is 0. The maximum Gasteiger partial charge on any atom is 0.256 e. The predicted molar refractivity (Wildman–Crippen MR) is 169 cm³/mol. The Morgan fingerprint density at radius 3 is 0.972 bits per heavy atom. The van der Waals surface area contributed by atoms with E-state index in [1.807, 2.05) is 72.8 Å². The molecule has 5 rings (SSSR count). The molecule has 184 valence electrons. The molecule has 1 aliphatic rings. The second-order valence-electron chi connectivity index (χ2n) is 7.32. The molecule has 3 nitrogen and oxygen atoms in total. The molecule has 1 heterocycles. The molecule has 0 radical (unpaired) electrons. The van der Waals surface area contributed by atoms with Crippen LogP contribution in [0.3, 0.4) is 0 Å². The van der Waals surface area contributed by atoms with Crippen LogP contribution >= 0.6 is 85.1 Å². The van der Waals surface area contributed by atoms with Gasteiger partial charge in [-0.05, 0) is 117 Å². The third-order valence-electron chi connectivity index (χ3n) is 4.54. The molecule has 12 heteroatoms. The fourth-order valence-electron chi connectivity index (χ4n) is 3.13. The van der Waals surface area contributed by atoms with Crippen molar-refractivity contribution in [3.05, 3.63) is 121 Å². The normalized spacial score (nSPS) is 17.3. The highest BCUT2D eigenvalue weighted by Gasteiger charge is 2.39. The van der Waals surface area contributed by atoms with E-state index in [0.717, 1.165) is 19.6 Å². The highest BCUT2D eigenvalue weighted by molar-refractivity contribution is 8.96. The van der Waals surface area contributed by atoms with E-state index in [4.69, 9.17) is 36.0 Å². The second-order valence-corrected chi connectivity index (χ2v) is 28.0. The lowest BCUT2D eigenvalue weighted by molar-refractivity contribution is 1.47. The maximum atomic E-state index is 6.99. The Morgan fingerprint density at radius 1 is 0.389 bits per heavy atom. The van der Waals surface area contributed by atoms with Crippen LogP contribution in [0.2, 0.25) is 0 Å². The molecule has 0 atom stereocenters. The lowest BCUT2D eigenvalue weighted by Crippen LogP contribution is -1.80. The highest BCUT2D eigenvalue weighted by atomic mass is 35.9. The Kier molecular flexibility index (Phi) is 9.16. The first-order chi connectivity index (χ1) is 17.4. The van der Waals surface area contributed by atoms with Gasteiger partial charge < -0.3 is 0 Å². The Hall–Kier alpha value is -0.450. The summed E-state index contributed by atoms with van der Waals surface area (Å²) in [7, 11) is 0. The first kappa shape index (κ1) is 27.1. The SMILES string of the molecule is ClP1(Cl)=NP(Sc2ccccc2)(Sc2ccccc2)=NP(Sc2ccccc2)(Sc2ccccc2)=N1. The average molecular weight is 643 g/mol.